The molecule has 0 bridgehead atoms. The molecule has 8 nitrogen and oxygen atoms in total. The summed E-state index contributed by atoms with van der Waals surface area (Å²) in [6.07, 6.45) is 1.03. The first-order valence-corrected chi connectivity index (χ1v) is 7.27. The molecule has 0 aliphatic rings. The predicted molar refractivity (Wildman–Crippen MR) is 69.6 cm³/mol. The van der Waals surface area contributed by atoms with Gasteiger partial charge in [-0.1, -0.05) is 6.07 Å². The van der Waals surface area contributed by atoms with Crippen molar-refractivity contribution in [2.75, 3.05) is 24.3 Å². The maximum atomic E-state index is 11.7. The minimum atomic E-state index is -3.21. The lowest BCUT2D eigenvalue weighted by Crippen LogP contribution is -2.29. The Bertz CT molecular complexity index is 612. The van der Waals surface area contributed by atoms with Crippen LogP contribution in [0.1, 0.15) is 10.4 Å². The SMILES string of the molecule is CS(=O)(=O)CCNC(=O)c1cccc(N)c1[N+](=O)[O-]. The molecule has 0 aliphatic carbocycles. The first kappa shape index (κ1) is 14.9. The van der Waals surface area contributed by atoms with Crippen molar-refractivity contribution in [2.24, 2.45) is 0 Å². The molecule has 1 amide bonds. The van der Waals surface area contributed by atoms with Crippen LogP contribution in [0.25, 0.3) is 0 Å². The molecule has 104 valence electrons. The van der Waals surface area contributed by atoms with E-state index in [1.807, 2.05) is 0 Å². The van der Waals surface area contributed by atoms with Gasteiger partial charge in [-0.15, -0.1) is 0 Å². The Morgan fingerprint density at radius 1 is 1.47 bits per heavy atom. The van der Waals surface area contributed by atoms with E-state index in [0.29, 0.717) is 0 Å². The number of nitrogen functional groups attached to an aromatic ring is 1. The zero-order valence-corrected chi connectivity index (χ0v) is 10.9. The number of nitrogens with two attached hydrogens (primary N) is 1. The van der Waals surface area contributed by atoms with E-state index < -0.39 is 26.4 Å². The number of hydrogen-bond acceptors (Lipinski definition) is 6. The first-order valence-electron chi connectivity index (χ1n) is 5.21. The molecule has 0 aliphatic heterocycles. The van der Waals surface area contributed by atoms with Crippen LogP contribution in [0.2, 0.25) is 0 Å². The van der Waals surface area contributed by atoms with Crippen LogP contribution in [0.4, 0.5) is 11.4 Å². The molecule has 19 heavy (non-hydrogen) atoms. The summed E-state index contributed by atoms with van der Waals surface area (Å²) in [6, 6.07) is 3.98. The summed E-state index contributed by atoms with van der Waals surface area (Å²) < 4.78 is 21.8. The Kier molecular flexibility index (Phi) is 4.43. The third kappa shape index (κ3) is 4.21. The standard InChI is InChI=1S/C10H13N3O5S/c1-19(17,18)6-5-12-10(14)7-3-2-4-8(11)9(7)13(15)16/h2-4H,5-6,11H2,1H3,(H,12,14). The number of benzene rings is 1. The number of nitrogens with one attached hydrogen (secondary N) is 1. The molecule has 0 fully saturated rings. The van der Waals surface area contributed by atoms with E-state index in [4.69, 9.17) is 5.73 Å². The quantitative estimate of drug-likeness (QED) is 0.443. The van der Waals surface area contributed by atoms with E-state index in [-0.39, 0.29) is 23.5 Å². The number of anilines is 1. The fraction of sp³-hybridized carbons (Fsp3) is 0.300. The van der Waals surface area contributed by atoms with Crippen molar-refractivity contribution < 1.29 is 18.1 Å². The molecule has 0 radical (unpaired) electrons. The third-order valence-electron chi connectivity index (χ3n) is 2.25. The Balaban J connectivity index is 2.89. The van der Waals surface area contributed by atoms with E-state index in [1.54, 1.807) is 0 Å². The van der Waals surface area contributed by atoms with Crippen LogP contribution in [0.15, 0.2) is 18.2 Å². The van der Waals surface area contributed by atoms with Crippen molar-refractivity contribution in [3.63, 3.8) is 0 Å². The van der Waals surface area contributed by atoms with Crippen molar-refractivity contribution in [3.05, 3.63) is 33.9 Å². The van der Waals surface area contributed by atoms with Crippen LogP contribution in [0.3, 0.4) is 0 Å². The number of hydrogen-bond donors (Lipinski definition) is 2. The number of amides is 1. The van der Waals surface area contributed by atoms with Crippen molar-refractivity contribution in [3.8, 4) is 0 Å². The van der Waals surface area contributed by atoms with Gasteiger partial charge in [0.25, 0.3) is 5.91 Å². The van der Waals surface area contributed by atoms with Gasteiger partial charge in [0.15, 0.2) is 0 Å². The molecule has 1 rings (SSSR count). The number of para-hydroxylation sites is 1. The van der Waals surface area contributed by atoms with Crippen molar-refractivity contribution in [1.29, 1.82) is 0 Å². The lowest BCUT2D eigenvalue weighted by atomic mass is 10.1. The molecule has 0 saturated heterocycles. The van der Waals surface area contributed by atoms with Gasteiger partial charge in [-0.05, 0) is 12.1 Å². The fourth-order valence-electron chi connectivity index (χ4n) is 1.39. The van der Waals surface area contributed by atoms with E-state index in [1.165, 1.54) is 18.2 Å². The molecule has 0 heterocycles. The molecule has 0 aromatic heterocycles. The van der Waals surface area contributed by atoms with Crippen LogP contribution in [0.5, 0.6) is 0 Å². The normalized spacial score (nSPS) is 11.0. The number of carbonyl (C=O) groups excluding carboxylic acids is 1. The van der Waals surface area contributed by atoms with Gasteiger partial charge < -0.3 is 11.1 Å². The smallest absolute Gasteiger partial charge is 0.304 e. The Hall–Kier alpha value is -2.16. The van der Waals surface area contributed by atoms with Gasteiger partial charge in [0.1, 0.15) is 21.1 Å². The van der Waals surface area contributed by atoms with Crippen LogP contribution in [0, 0.1) is 10.1 Å². The first-order chi connectivity index (χ1) is 8.72. The zero-order valence-electron chi connectivity index (χ0n) is 10.1. The van der Waals surface area contributed by atoms with Crippen molar-refractivity contribution >= 4 is 27.1 Å². The fourth-order valence-corrected chi connectivity index (χ4v) is 1.87. The molecule has 0 saturated carbocycles. The molecule has 0 spiro atoms. The number of carbonyl (C=O) groups is 1. The van der Waals surface area contributed by atoms with E-state index in [0.717, 1.165) is 6.26 Å². The second-order valence-electron chi connectivity index (χ2n) is 3.89. The zero-order chi connectivity index (χ0) is 14.6. The van der Waals surface area contributed by atoms with Gasteiger partial charge >= 0.3 is 5.69 Å². The molecule has 1 aromatic carbocycles. The molecule has 0 unspecified atom stereocenters. The summed E-state index contributed by atoms with van der Waals surface area (Å²) in [5.74, 6) is -0.975. The van der Waals surface area contributed by atoms with Crippen molar-refractivity contribution in [2.45, 2.75) is 0 Å². The van der Waals surface area contributed by atoms with E-state index in [9.17, 15) is 23.3 Å². The highest BCUT2D eigenvalue weighted by molar-refractivity contribution is 7.90. The average molecular weight is 287 g/mol. The van der Waals surface area contributed by atoms with Gasteiger partial charge in [0, 0.05) is 12.8 Å². The molecule has 0 atom stereocenters. The summed E-state index contributed by atoms with van der Waals surface area (Å²) in [7, 11) is -3.21. The summed E-state index contributed by atoms with van der Waals surface area (Å²) in [5.41, 5.74) is 4.63. The topological polar surface area (TPSA) is 132 Å². The number of nitro groups is 1. The monoisotopic (exact) mass is 287 g/mol. The lowest BCUT2D eigenvalue weighted by Gasteiger charge is -2.06. The van der Waals surface area contributed by atoms with Crippen LogP contribution >= 0.6 is 0 Å². The number of nitrogens with zero attached hydrogens (tertiary/aromatic N) is 1. The van der Waals surface area contributed by atoms with Crippen LogP contribution in [-0.2, 0) is 9.84 Å². The third-order valence-corrected chi connectivity index (χ3v) is 3.20. The number of sulfone groups is 1. The second kappa shape index (κ2) is 5.65. The van der Waals surface area contributed by atoms with E-state index >= 15 is 0 Å². The Morgan fingerprint density at radius 3 is 2.63 bits per heavy atom. The maximum absolute atomic E-state index is 11.7. The summed E-state index contributed by atoms with van der Waals surface area (Å²) in [4.78, 5) is 21.8. The highest BCUT2D eigenvalue weighted by atomic mass is 32.2. The molecular weight excluding hydrogens is 274 g/mol. The minimum Gasteiger partial charge on any atom is -0.393 e. The number of nitro benzene ring substituents is 1. The van der Waals surface area contributed by atoms with Crippen LogP contribution < -0.4 is 11.1 Å². The Morgan fingerprint density at radius 2 is 2.11 bits per heavy atom. The van der Waals surface area contributed by atoms with Crippen LogP contribution in [-0.4, -0.2) is 37.8 Å². The Labute approximate surface area is 109 Å². The summed E-state index contributed by atoms with van der Waals surface area (Å²) in [5, 5.41) is 13.1. The lowest BCUT2D eigenvalue weighted by molar-refractivity contribution is -0.384. The summed E-state index contributed by atoms with van der Waals surface area (Å²) in [6.45, 7) is -0.121. The largest absolute Gasteiger partial charge is 0.393 e. The molecule has 3 N–H and O–H groups in total. The molecule has 9 heteroatoms. The van der Waals surface area contributed by atoms with Crippen molar-refractivity contribution in [1.82, 2.24) is 5.32 Å². The van der Waals surface area contributed by atoms with Gasteiger partial charge in [-0.3, -0.25) is 14.9 Å². The maximum Gasteiger partial charge on any atom is 0.304 e. The van der Waals surface area contributed by atoms with E-state index in [2.05, 4.69) is 5.32 Å². The van der Waals surface area contributed by atoms with Gasteiger partial charge in [0.2, 0.25) is 0 Å². The molecule has 1 aromatic rings. The minimum absolute atomic E-state index is 0.121. The summed E-state index contributed by atoms with van der Waals surface area (Å²) >= 11 is 0. The predicted octanol–water partition coefficient (Wildman–Crippen LogP) is -0.0486. The highest BCUT2D eigenvalue weighted by Crippen LogP contribution is 2.25. The number of rotatable bonds is 5. The average Bonchev–Trinajstić information content (AvgIpc) is 2.26. The molecular formula is C10H13N3O5S. The second-order valence-corrected chi connectivity index (χ2v) is 6.15. The van der Waals surface area contributed by atoms with Gasteiger partial charge in [-0.25, -0.2) is 8.42 Å². The van der Waals surface area contributed by atoms with Gasteiger partial charge in [-0.2, -0.15) is 0 Å². The highest BCUT2D eigenvalue weighted by Gasteiger charge is 2.22. The van der Waals surface area contributed by atoms with Gasteiger partial charge in [0.05, 0.1) is 10.7 Å².